The number of anilines is 2. The Labute approximate surface area is 131 Å². The van der Waals surface area contributed by atoms with E-state index in [2.05, 4.69) is 15.6 Å². The summed E-state index contributed by atoms with van der Waals surface area (Å²) in [5.74, 6) is -0.640. The summed E-state index contributed by atoms with van der Waals surface area (Å²) in [4.78, 5) is 47.8. The van der Waals surface area contributed by atoms with Crippen molar-refractivity contribution in [2.75, 3.05) is 10.6 Å². The van der Waals surface area contributed by atoms with Crippen LogP contribution in [0.2, 0.25) is 0 Å². The highest BCUT2D eigenvalue weighted by Crippen LogP contribution is 2.23. The van der Waals surface area contributed by atoms with E-state index in [1.807, 2.05) is 0 Å². The summed E-state index contributed by atoms with van der Waals surface area (Å²) in [6, 6.07) is 6.27. The van der Waals surface area contributed by atoms with Crippen LogP contribution in [0.5, 0.6) is 0 Å². The largest absolute Gasteiger partial charge is 0.328 e. The molecule has 0 bridgehead atoms. The topological polar surface area (TPSA) is 113 Å². The molecule has 0 aliphatic carbocycles. The molecule has 2 rings (SSSR count). The third-order valence-electron chi connectivity index (χ3n) is 3.13. The van der Waals surface area contributed by atoms with E-state index in [-0.39, 0.29) is 12.5 Å². The van der Waals surface area contributed by atoms with Gasteiger partial charge in [-0.3, -0.25) is 23.9 Å². The van der Waals surface area contributed by atoms with Crippen LogP contribution in [0.1, 0.15) is 12.5 Å². The molecule has 1 aromatic heterocycles. The predicted octanol–water partition coefficient (Wildman–Crippen LogP) is 0.442. The first kappa shape index (κ1) is 16.2. The molecule has 0 fully saturated rings. The zero-order chi connectivity index (χ0) is 17.0. The molecular formula is C15H16N4O4. The van der Waals surface area contributed by atoms with Gasteiger partial charge in [-0.15, -0.1) is 0 Å². The second kappa shape index (κ2) is 6.73. The van der Waals surface area contributed by atoms with Crippen molar-refractivity contribution >= 4 is 23.2 Å². The lowest BCUT2D eigenvalue weighted by Crippen LogP contribution is -2.32. The first-order chi connectivity index (χ1) is 10.9. The quantitative estimate of drug-likeness (QED) is 0.759. The zero-order valence-electron chi connectivity index (χ0n) is 12.7. The smallest absolute Gasteiger partial charge is 0.326 e. The molecule has 0 saturated carbocycles. The van der Waals surface area contributed by atoms with Crippen molar-refractivity contribution in [2.24, 2.45) is 0 Å². The molecule has 8 heteroatoms. The van der Waals surface area contributed by atoms with Gasteiger partial charge in [-0.25, -0.2) is 4.79 Å². The SMILES string of the molecule is CC(=O)Nc1cccc(NC(=O)Cn2ccc(=O)[nH]c2=O)c1C. The fourth-order valence-electron chi connectivity index (χ4n) is 2.01. The minimum Gasteiger partial charge on any atom is -0.326 e. The molecule has 2 amide bonds. The van der Waals surface area contributed by atoms with Gasteiger partial charge < -0.3 is 10.6 Å². The summed E-state index contributed by atoms with van der Waals surface area (Å²) < 4.78 is 1.09. The maximum absolute atomic E-state index is 12.1. The summed E-state index contributed by atoms with van der Waals surface area (Å²) in [5.41, 5.74) is 0.641. The fraction of sp³-hybridized carbons (Fsp3) is 0.200. The predicted molar refractivity (Wildman–Crippen MR) is 85.4 cm³/mol. The van der Waals surface area contributed by atoms with E-state index in [9.17, 15) is 19.2 Å². The second-order valence-corrected chi connectivity index (χ2v) is 4.95. The van der Waals surface area contributed by atoms with Gasteiger partial charge in [-0.05, 0) is 24.6 Å². The van der Waals surface area contributed by atoms with Gasteiger partial charge in [0.2, 0.25) is 11.8 Å². The van der Waals surface area contributed by atoms with Crippen LogP contribution in [0.4, 0.5) is 11.4 Å². The number of rotatable bonds is 4. The molecule has 3 N–H and O–H groups in total. The van der Waals surface area contributed by atoms with Crippen LogP contribution in [0.3, 0.4) is 0 Å². The highest BCUT2D eigenvalue weighted by Gasteiger charge is 2.10. The monoisotopic (exact) mass is 316 g/mol. The molecule has 0 aliphatic rings. The number of nitrogens with one attached hydrogen (secondary N) is 3. The van der Waals surface area contributed by atoms with E-state index < -0.39 is 17.2 Å². The van der Waals surface area contributed by atoms with Gasteiger partial charge in [0, 0.05) is 30.6 Å². The summed E-state index contributed by atoms with van der Waals surface area (Å²) >= 11 is 0. The summed E-state index contributed by atoms with van der Waals surface area (Å²) in [6.07, 6.45) is 1.25. The molecule has 120 valence electrons. The molecule has 0 unspecified atom stereocenters. The van der Waals surface area contributed by atoms with Crippen LogP contribution >= 0.6 is 0 Å². The average Bonchev–Trinajstić information content (AvgIpc) is 2.46. The Morgan fingerprint density at radius 3 is 2.39 bits per heavy atom. The fourth-order valence-corrected chi connectivity index (χ4v) is 2.01. The Morgan fingerprint density at radius 2 is 1.78 bits per heavy atom. The van der Waals surface area contributed by atoms with E-state index in [1.165, 1.54) is 13.1 Å². The van der Waals surface area contributed by atoms with Crippen LogP contribution in [0.15, 0.2) is 40.1 Å². The lowest BCUT2D eigenvalue weighted by molar-refractivity contribution is -0.117. The molecule has 1 aromatic carbocycles. The number of aromatic nitrogens is 2. The number of aromatic amines is 1. The Balaban J connectivity index is 2.15. The van der Waals surface area contributed by atoms with Crippen molar-refractivity contribution in [2.45, 2.75) is 20.4 Å². The van der Waals surface area contributed by atoms with Crippen molar-refractivity contribution in [3.8, 4) is 0 Å². The molecule has 0 radical (unpaired) electrons. The normalized spacial score (nSPS) is 10.2. The second-order valence-electron chi connectivity index (χ2n) is 4.95. The van der Waals surface area contributed by atoms with E-state index in [0.717, 1.165) is 10.6 Å². The third kappa shape index (κ3) is 4.16. The molecular weight excluding hydrogens is 300 g/mol. The summed E-state index contributed by atoms with van der Waals surface area (Å²) in [7, 11) is 0. The first-order valence-electron chi connectivity index (χ1n) is 6.83. The molecule has 0 spiro atoms. The van der Waals surface area contributed by atoms with Crippen molar-refractivity contribution in [1.82, 2.24) is 9.55 Å². The Bertz CT molecular complexity index is 866. The molecule has 2 aromatic rings. The standard InChI is InChI=1S/C15H16N4O4/c1-9-11(16-10(2)20)4-3-5-12(9)17-14(22)8-19-7-6-13(21)18-15(19)23/h3-7H,8H2,1-2H3,(H,16,20)(H,17,22)(H,18,21,23). The highest BCUT2D eigenvalue weighted by molar-refractivity contribution is 5.95. The number of benzene rings is 1. The van der Waals surface area contributed by atoms with Gasteiger partial charge in [0.05, 0.1) is 0 Å². The van der Waals surface area contributed by atoms with E-state index in [4.69, 9.17) is 0 Å². The Morgan fingerprint density at radius 1 is 1.13 bits per heavy atom. The maximum atomic E-state index is 12.1. The first-order valence-corrected chi connectivity index (χ1v) is 6.83. The molecule has 0 aliphatic heterocycles. The van der Waals surface area contributed by atoms with Crippen LogP contribution in [0, 0.1) is 6.92 Å². The Kier molecular flexibility index (Phi) is 4.75. The molecule has 23 heavy (non-hydrogen) atoms. The van der Waals surface area contributed by atoms with Crippen LogP contribution < -0.4 is 21.9 Å². The van der Waals surface area contributed by atoms with Gasteiger partial charge >= 0.3 is 5.69 Å². The lowest BCUT2D eigenvalue weighted by Gasteiger charge is -2.13. The lowest BCUT2D eigenvalue weighted by atomic mass is 10.1. The Hall–Kier alpha value is -3.16. The molecule has 8 nitrogen and oxygen atoms in total. The molecule has 0 saturated heterocycles. The highest BCUT2D eigenvalue weighted by atomic mass is 16.2. The zero-order valence-corrected chi connectivity index (χ0v) is 12.7. The van der Waals surface area contributed by atoms with Gasteiger partial charge in [-0.1, -0.05) is 6.07 Å². The van der Waals surface area contributed by atoms with Crippen LogP contribution in [-0.2, 0) is 16.1 Å². The van der Waals surface area contributed by atoms with Crippen molar-refractivity contribution < 1.29 is 9.59 Å². The average molecular weight is 316 g/mol. The van der Waals surface area contributed by atoms with Crippen LogP contribution in [-0.4, -0.2) is 21.4 Å². The van der Waals surface area contributed by atoms with Crippen molar-refractivity contribution in [1.29, 1.82) is 0 Å². The maximum Gasteiger partial charge on any atom is 0.328 e. The third-order valence-corrected chi connectivity index (χ3v) is 3.13. The number of carbonyl (C=O) groups is 2. The van der Waals surface area contributed by atoms with Gasteiger partial charge in [-0.2, -0.15) is 0 Å². The van der Waals surface area contributed by atoms with E-state index in [1.54, 1.807) is 25.1 Å². The van der Waals surface area contributed by atoms with Crippen molar-refractivity contribution in [3.63, 3.8) is 0 Å². The number of H-pyrrole nitrogens is 1. The molecule has 0 atom stereocenters. The minimum absolute atomic E-state index is 0.212. The summed E-state index contributed by atoms with van der Waals surface area (Å²) in [5, 5.41) is 5.34. The number of hydrogen-bond donors (Lipinski definition) is 3. The minimum atomic E-state index is -0.656. The number of carbonyl (C=O) groups excluding carboxylic acids is 2. The number of amides is 2. The van der Waals surface area contributed by atoms with Crippen molar-refractivity contribution in [3.05, 3.63) is 56.9 Å². The van der Waals surface area contributed by atoms with Gasteiger partial charge in [0.1, 0.15) is 6.54 Å². The molecule has 1 heterocycles. The van der Waals surface area contributed by atoms with Gasteiger partial charge in [0.25, 0.3) is 5.56 Å². The number of nitrogens with zero attached hydrogens (tertiary/aromatic N) is 1. The summed E-state index contributed by atoms with van der Waals surface area (Å²) in [6.45, 7) is 2.92. The van der Waals surface area contributed by atoms with E-state index in [0.29, 0.717) is 16.9 Å². The van der Waals surface area contributed by atoms with E-state index >= 15 is 0 Å². The van der Waals surface area contributed by atoms with Crippen LogP contribution in [0.25, 0.3) is 0 Å². The van der Waals surface area contributed by atoms with Gasteiger partial charge in [0.15, 0.2) is 0 Å². The number of hydrogen-bond acceptors (Lipinski definition) is 4.